The van der Waals surface area contributed by atoms with Crippen molar-refractivity contribution >= 4 is 11.9 Å². The third kappa shape index (κ3) is 2.95. The molecule has 0 bridgehead atoms. The van der Waals surface area contributed by atoms with Crippen LogP contribution in [0, 0.1) is 18.3 Å². The fraction of sp³-hybridized carbons (Fsp3) is 0.353. The Hall–Kier alpha value is -1.83. The van der Waals surface area contributed by atoms with Gasteiger partial charge in [0.05, 0.1) is 6.04 Å². The lowest BCUT2D eigenvalue weighted by Gasteiger charge is -2.31. The van der Waals surface area contributed by atoms with Crippen molar-refractivity contribution in [3.8, 4) is 0 Å². The molecule has 19 heavy (non-hydrogen) atoms. The van der Waals surface area contributed by atoms with Gasteiger partial charge in [-0.1, -0.05) is 44.2 Å². The molecular formula is C17H22N2. The number of rotatable bonds is 4. The lowest BCUT2D eigenvalue weighted by molar-refractivity contribution is 0.646. The molecule has 1 aromatic carbocycles. The van der Waals surface area contributed by atoms with E-state index in [4.69, 9.17) is 5.41 Å². The molecule has 0 aliphatic carbocycles. The summed E-state index contributed by atoms with van der Waals surface area (Å²) in [6.45, 7) is 6.63. The van der Waals surface area contributed by atoms with Crippen LogP contribution in [0.2, 0.25) is 0 Å². The van der Waals surface area contributed by atoms with Gasteiger partial charge in [-0.3, -0.25) is 0 Å². The molecule has 1 aliphatic rings. The number of aryl methyl sites for hydroxylation is 1. The van der Waals surface area contributed by atoms with Gasteiger partial charge in [-0.15, -0.1) is 0 Å². The zero-order chi connectivity index (χ0) is 13.8. The molecule has 1 heterocycles. The second-order valence-corrected chi connectivity index (χ2v) is 5.47. The van der Waals surface area contributed by atoms with Gasteiger partial charge < -0.3 is 10.3 Å². The van der Waals surface area contributed by atoms with Crippen molar-refractivity contribution in [1.82, 2.24) is 0 Å². The molecule has 0 saturated heterocycles. The number of hydrogen-bond acceptors (Lipinski definition) is 2. The van der Waals surface area contributed by atoms with E-state index < -0.39 is 0 Å². The molecule has 1 aliphatic heterocycles. The van der Waals surface area contributed by atoms with Gasteiger partial charge in [0.2, 0.25) is 0 Å². The van der Waals surface area contributed by atoms with Crippen molar-refractivity contribution in [2.24, 2.45) is 5.92 Å². The summed E-state index contributed by atoms with van der Waals surface area (Å²) in [7, 11) is 0. The number of anilines is 1. The summed E-state index contributed by atoms with van der Waals surface area (Å²) in [6.07, 6.45) is 10.7. The highest BCUT2D eigenvalue weighted by molar-refractivity contribution is 5.76. The number of para-hydroxylation sites is 1. The van der Waals surface area contributed by atoms with E-state index in [9.17, 15) is 0 Å². The fourth-order valence-electron chi connectivity index (χ4n) is 2.57. The van der Waals surface area contributed by atoms with Gasteiger partial charge in [0.15, 0.2) is 0 Å². The van der Waals surface area contributed by atoms with Gasteiger partial charge >= 0.3 is 0 Å². The van der Waals surface area contributed by atoms with Gasteiger partial charge in [-0.2, -0.15) is 0 Å². The first-order valence-corrected chi connectivity index (χ1v) is 6.86. The first-order valence-electron chi connectivity index (χ1n) is 6.86. The van der Waals surface area contributed by atoms with Crippen LogP contribution in [0.1, 0.15) is 25.0 Å². The maximum absolute atomic E-state index is 7.61. The summed E-state index contributed by atoms with van der Waals surface area (Å²) in [5, 5.41) is 7.61. The fourth-order valence-corrected chi connectivity index (χ4v) is 2.57. The van der Waals surface area contributed by atoms with Crippen LogP contribution in [0.4, 0.5) is 5.69 Å². The molecule has 1 atom stereocenters. The zero-order valence-corrected chi connectivity index (χ0v) is 11.9. The normalized spacial score (nSPS) is 18.1. The molecule has 1 unspecified atom stereocenters. The summed E-state index contributed by atoms with van der Waals surface area (Å²) in [6, 6.07) is 6.50. The van der Waals surface area contributed by atoms with E-state index in [-0.39, 0.29) is 6.04 Å². The van der Waals surface area contributed by atoms with Gasteiger partial charge in [0.1, 0.15) is 0 Å². The number of nitrogens with zero attached hydrogens (tertiary/aromatic N) is 1. The quantitative estimate of drug-likeness (QED) is 0.805. The molecule has 0 aromatic heterocycles. The van der Waals surface area contributed by atoms with Crippen LogP contribution in [-0.4, -0.2) is 12.3 Å². The Kier molecular flexibility index (Phi) is 4.20. The molecule has 0 spiro atoms. The van der Waals surface area contributed by atoms with Crippen LogP contribution in [0.25, 0.3) is 0 Å². The standard InChI is InChI=1S/C17H22N2/c1-13(2)11-15-8-6-7-14(3)17(15)19-10-5-4-9-16(19)12-18/h4-10,12-13,16,18H,11H2,1-3H3. The van der Waals surface area contributed by atoms with E-state index in [1.165, 1.54) is 23.0 Å². The average molecular weight is 254 g/mol. The van der Waals surface area contributed by atoms with Crippen molar-refractivity contribution in [1.29, 1.82) is 5.41 Å². The van der Waals surface area contributed by atoms with Crippen LogP contribution < -0.4 is 4.90 Å². The number of benzene rings is 1. The largest absolute Gasteiger partial charge is 0.336 e. The van der Waals surface area contributed by atoms with E-state index in [1.54, 1.807) is 0 Å². The first-order chi connectivity index (χ1) is 9.13. The topological polar surface area (TPSA) is 27.1 Å². The van der Waals surface area contributed by atoms with Crippen molar-refractivity contribution in [2.75, 3.05) is 4.90 Å². The molecule has 0 radical (unpaired) electrons. The highest BCUT2D eigenvalue weighted by Crippen LogP contribution is 2.30. The Labute approximate surface area is 116 Å². The first kappa shape index (κ1) is 13.6. The molecule has 1 aromatic rings. The predicted octanol–water partition coefficient (Wildman–Crippen LogP) is 4.10. The number of nitrogens with one attached hydrogen (secondary N) is 1. The van der Waals surface area contributed by atoms with Crippen molar-refractivity contribution in [3.63, 3.8) is 0 Å². The van der Waals surface area contributed by atoms with Crippen LogP contribution in [0.3, 0.4) is 0 Å². The van der Waals surface area contributed by atoms with Crippen LogP contribution in [-0.2, 0) is 6.42 Å². The number of allylic oxidation sites excluding steroid dienone is 2. The second kappa shape index (κ2) is 5.87. The molecule has 1 N–H and O–H groups in total. The van der Waals surface area contributed by atoms with E-state index in [2.05, 4.69) is 56.1 Å². The lowest BCUT2D eigenvalue weighted by Crippen LogP contribution is -2.32. The molecule has 2 rings (SSSR count). The van der Waals surface area contributed by atoms with E-state index in [0.717, 1.165) is 6.42 Å². The van der Waals surface area contributed by atoms with E-state index >= 15 is 0 Å². The van der Waals surface area contributed by atoms with Gasteiger partial charge in [0.25, 0.3) is 0 Å². The average Bonchev–Trinajstić information content (AvgIpc) is 2.38. The lowest BCUT2D eigenvalue weighted by atomic mass is 9.97. The monoisotopic (exact) mass is 254 g/mol. The second-order valence-electron chi connectivity index (χ2n) is 5.47. The van der Waals surface area contributed by atoms with Crippen LogP contribution in [0.5, 0.6) is 0 Å². The summed E-state index contributed by atoms with van der Waals surface area (Å²) < 4.78 is 0. The molecule has 0 saturated carbocycles. The summed E-state index contributed by atoms with van der Waals surface area (Å²) in [4.78, 5) is 2.19. The van der Waals surface area contributed by atoms with Crippen molar-refractivity contribution in [2.45, 2.75) is 33.2 Å². The third-order valence-electron chi connectivity index (χ3n) is 3.37. The summed E-state index contributed by atoms with van der Waals surface area (Å²) in [5.41, 5.74) is 3.89. The Morgan fingerprint density at radius 1 is 1.32 bits per heavy atom. The maximum atomic E-state index is 7.61. The molecule has 2 nitrogen and oxygen atoms in total. The van der Waals surface area contributed by atoms with Crippen molar-refractivity contribution < 1.29 is 0 Å². The molecule has 100 valence electrons. The van der Waals surface area contributed by atoms with Crippen LogP contribution >= 0.6 is 0 Å². The minimum Gasteiger partial charge on any atom is -0.336 e. The van der Waals surface area contributed by atoms with Gasteiger partial charge in [-0.25, -0.2) is 0 Å². The van der Waals surface area contributed by atoms with Crippen molar-refractivity contribution in [3.05, 3.63) is 53.8 Å². The van der Waals surface area contributed by atoms with Crippen LogP contribution in [0.15, 0.2) is 42.6 Å². The summed E-state index contributed by atoms with van der Waals surface area (Å²) in [5.74, 6) is 0.628. The Balaban J connectivity index is 2.45. The van der Waals surface area contributed by atoms with E-state index in [0.29, 0.717) is 5.92 Å². The zero-order valence-electron chi connectivity index (χ0n) is 11.9. The molecule has 0 fully saturated rings. The Morgan fingerprint density at radius 2 is 2.11 bits per heavy atom. The molecule has 2 heteroatoms. The minimum atomic E-state index is 0.0250. The highest BCUT2D eigenvalue weighted by atomic mass is 15.1. The Bertz CT molecular complexity index is 512. The molecular weight excluding hydrogens is 232 g/mol. The highest BCUT2D eigenvalue weighted by Gasteiger charge is 2.19. The van der Waals surface area contributed by atoms with Gasteiger partial charge in [0, 0.05) is 18.1 Å². The molecule has 0 amide bonds. The Morgan fingerprint density at radius 3 is 2.79 bits per heavy atom. The third-order valence-corrected chi connectivity index (χ3v) is 3.37. The summed E-state index contributed by atoms with van der Waals surface area (Å²) >= 11 is 0. The minimum absolute atomic E-state index is 0.0250. The maximum Gasteiger partial charge on any atom is 0.0867 e. The van der Waals surface area contributed by atoms with Gasteiger partial charge in [-0.05, 0) is 36.5 Å². The number of hydrogen-bond donors (Lipinski definition) is 1. The smallest absolute Gasteiger partial charge is 0.0867 e. The van der Waals surface area contributed by atoms with E-state index in [1.807, 2.05) is 12.2 Å². The predicted molar refractivity (Wildman–Crippen MR) is 83.1 cm³/mol. The SMILES string of the molecule is Cc1cccc(CC(C)C)c1N1C=CC=CC1C=N.